The fourth-order valence-electron chi connectivity index (χ4n) is 2.21. The fourth-order valence-corrected chi connectivity index (χ4v) is 2.76. The summed E-state index contributed by atoms with van der Waals surface area (Å²) < 4.78 is 6.80. The van der Waals surface area contributed by atoms with Gasteiger partial charge in [0, 0.05) is 35.4 Å². The lowest BCUT2D eigenvalue weighted by atomic mass is 10.1. The van der Waals surface area contributed by atoms with E-state index in [-0.39, 0.29) is 0 Å². The third kappa shape index (κ3) is 2.93. The second-order valence-electron chi connectivity index (χ2n) is 4.42. The number of benzene rings is 1. The summed E-state index contributed by atoms with van der Waals surface area (Å²) in [5.41, 5.74) is 2.46. The first-order valence-corrected chi connectivity index (χ1v) is 7.03. The van der Waals surface area contributed by atoms with Gasteiger partial charge in [-0.15, -0.1) is 0 Å². The van der Waals surface area contributed by atoms with E-state index < -0.39 is 0 Å². The Morgan fingerprint density at radius 3 is 2.89 bits per heavy atom. The van der Waals surface area contributed by atoms with E-state index in [1.807, 2.05) is 6.07 Å². The zero-order chi connectivity index (χ0) is 13.1. The van der Waals surface area contributed by atoms with E-state index >= 15 is 0 Å². The molecule has 5 heteroatoms. The maximum absolute atomic E-state index is 5.70. The average Bonchev–Trinajstić information content (AvgIpc) is 2.88. The minimum Gasteiger partial charge on any atom is -0.493 e. The molecule has 0 aliphatic carbocycles. The summed E-state index contributed by atoms with van der Waals surface area (Å²) in [7, 11) is 0. The summed E-state index contributed by atoms with van der Waals surface area (Å²) in [5.74, 6) is 1.83. The molecule has 0 atom stereocenters. The van der Waals surface area contributed by atoms with Gasteiger partial charge in [0.25, 0.3) is 0 Å². The molecule has 1 aromatic carbocycles. The Bertz CT molecular complexity index is 574. The number of nitrogens with one attached hydrogen (secondary N) is 1. The van der Waals surface area contributed by atoms with Crippen LogP contribution in [0.1, 0.15) is 17.0 Å². The van der Waals surface area contributed by atoms with Crippen LogP contribution in [0.3, 0.4) is 0 Å². The molecule has 1 aliphatic rings. The van der Waals surface area contributed by atoms with Crippen molar-refractivity contribution in [3.05, 3.63) is 52.0 Å². The highest BCUT2D eigenvalue weighted by Crippen LogP contribution is 2.32. The van der Waals surface area contributed by atoms with Gasteiger partial charge in [-0.25, -0.2) is 9.97 Å². The molecule has 98 valence electrons. The van der Waals surface area contributed by atoms with Crippen molar-refractivity contribution in [3.63, 3.8) is 0 Å². The first kappa shape index (κ1) is 12.6. The Labute approximate surface area is 120 Å². The molecule has 0 bridgehead atoms. The van der Waals surface area contributed by atoms with Crippen molar-refractivity contribution in [1.82, 2.24) is 15.3 Å². The van der Waals surface area contributed by atoms with Gasteiger partial charge >= 0.3 is 0 Å². The molecule has 0 fully saturated rings. The Balaban J connectivity index is 1.67. The second-order valence-corrected chi connectivity index (χ2v) is 5.34. The fraction of sp³-hybridized carbons (Fsp3) is 0.286. The summed E-state index contributed by atoms with van der Waals surface area (Å²) in [6.45, 7) is 2.18. The molecule has 1 aliphatic heterocycles. The Morgan fingerprint density at radius 1 is 1.21 bits per heavy atom. The maximum atomic E-state index is 5.70. The number of ether oxygens (including phenoxy) is 1. The zero-order valence-electron chi connectivity index (χ0n) is 10.4. The van der Waals surface area contributed by atoms with Gasteiger partial charge < -0.3 is 10.1 Å². The molecule has 0 saturated heterocycles. The number of aromatic nitrogens is 2. The quantitative estimate of drug-likeness (QED) is 0.940. The van der Waals surface area contributed by atoms with Crippen molar-refractivity contribution < 1.29 is 4.74 Å². The normalized spacial score (nSPS) is 13.1. The van der Waals surface area contributed by atoms with Gasteiger partial charge in [0.15, 0.2) is 0 Å². The number of fused-ring (bicyclic) bond motifs is 1. The van der Waals surface area contributed by atoms with E-state index in [0.29, 0.717) is 6.54 Å². The average molecular weight is 320 g/mol. The molecule has 0 radical (unpaired) electrons. The third-order valence-corrected chi connectivity index (χ3v) is 3.50. The molecule has 0 unspecified atom stereocenters. The summed E-state index contributed by atoms with van der Waals surface area (Å²) in [6.07, 6.45) is 4.50. The molecule has 0 amide bonds. The molecular weight excluding hydrogens is 306 g/mol. The minimum atomic E-state index is 0.655. The van der Waals surface area contributed by atoms with Crippen LogP contribution in [0.2, 0.25) is 0 Å². The van der Waals surface area contributed by atoms with Crippen molar-refractivity contribution in [2.45, 2.75) is 19.5 Å². The lowest BCUT2D eigenvalue weighted by Gasteiger charge is -2.10. The molecule has 2 heterocycles. The molecule has 0 saturated carbocycles. The van der Waals surface area contributed by atoms with Crippen LogP contribution >= 0.6 is 15.9 Å². The van der Waals surface area contributed by atoms with E-state index in [4.69, 9.17) is 4.74 Å². The van der Waals surface area contributed by atoms with Crippen LogP contribution in [0.25, 0.3) is 0 Å². The SMILES string of the molecule is Brc1cc2c(c(CNCc3ncccn3)c1)OCC2. The predicted molar refractivity (Wildman–Crippen MR) is 75.9 cm³/mol. The standard InChI is InChI=1S/C14H14BrN3O/c15-12-6-10-2-5-19-14(10)11(7-12)8-16-9-13-17-3-1-4-18-13/h1,3-4,6-7,16H,2,5,8-9H2. The van der Waals surface area contributed by atoms with Gasteiger partial charge in [-0.2, -0.15) is 0 Å². The van der Waals surface area contributed by atoms with Crippen molar-refractivity contribution in [2.75, 3.05) is 6.61 Å². The monoisotopic (exact) mass is 319 g/mol. The van der Waals surface area contributed by atoms with E-state index in [1.54, 1.807) is 12.4 Å². The van der Waals surface area contributed by atoms with Crippen LogP contribution in [0.5, 0.6) is 5.75 Å². The molecular formula is C14H14BrN3O. The van der Waals surface area contributed by atoms with Crippen molar-refractivity contribution in [2.24, 2.45) is 0 Å². The number of hydrogen-bond acceptors (Lipinski definition) is 4. The van der Waals surface area contributed by atoms with Gasteiger partial charge in [0.2, 0.25) is 0 Å². The van der Waals surface area contributed by atoms with Gasteiger partial charge in [-0.1, -0.05) is 15.9 Å². The predicted octanol–water partition coefficient (Wildman–Crippen LogP) is 2.46. The molecule has 1 aromatic heterocycles. The molecule has 4 nitrogen and oxygen atoms in total. The summed E-state index contributed by atoms with van der Waals surface area (Å²) in [4.78, 5) is 8.37. The summed E-state index contributed by atoms with van der Waals surface area (Å²) >= 11 is 3.54. The molecule has 2 aromatic rings. The second kappa shape index (κ2) is 5.67. The number of halogens is 1. The molecule has 19 heavy (non-hydrogen) atoms. The lowest BCUT2D eigenvalue weighted by molar-refractivity contribution is 0.352. The van der Waals surface area contributed by atoms with Gasteiger partial charge in [0.1, 0.15) is 11.6 Å². The first-order chi connectivity index (χ1) is 9.33. The number of hydrogen-bond donors (Lipinski definition) is 1. The van der Waals surface area contributed by atoms with Crippen molar-refractivity contribution in [3.8, 4) is 5.75 Å². The topological polar surface area (TPSA) is 47.0 Å². The summed E-state index contributed by atoms with van der Waals surface area (Å²) in [6, 6.07) is 6.05. The molecule has 0 spiro atoms. The smallest absolute Gasteiger partial charge is 0.141 e. The molecule has 3 rings (SSSR count). The first-order valence-electron chi connectivity index (χ1n) is 6.23. The van der Waals surface area contributed by atoms with Crippen molar-refractivity contribution in [1.29, 1.82) is 0 Å². The van der Waals surface area contributed by atoms with Crippen LogP contribution in [-0.2, 0) is 19.5 Å². The zero-order valence-corrected chi connectivity index (χ0v) is 12.0. The lowest BCUT2D eigenvalue weighted by Crippen LogP contribution is -2.15. The molecule has 1 N–H and O–H groups in total. The van der Waals surface area contributed by atoms with Crippen LogP contribution in [0, 0.1) is 0 Å². The minimum absolute atomic E-state index is 0.655. The Morgan fingerprint density at radius 2 is 2.05 bits per heavy atom. The highest BCUT2D eigenvalue weighted by Gasteiger charge is 2.17. The number of rotatable bonds is 4. The van der Waals surface area contributed by atoms with E-state index in [2.05, 4.69) is 43.3 Å². The third-order valence-electron chi connectivity index (χ3n) is 3.04. The number of nitrogens with zero attached hydrogens (tertiary/aromatic N) is 2. The van der Waals surface area contributed by atoms with Crippen molar-refractivity contribution >= 4 is 15.9 Å². The van der Waals surface area contributed by atoms with E-state index in [9.17, 15) is 0 Å². The maximum Gasteiger partial charge on any atom is 0.141 e. The van der Waals surface area contributed by atoms with Gasteiger partial charge in [0.05, 0.1) is 13.2 Å². The highest BCUT2D eigenvalue weighted by atomic mass is 79.9. The van der Waals surface area contributed by atoms with Crippen LogP contribution < -0.4 is 10.1 Å². The summed E-state index contributed by atoms with van der Waals surface area (Å²) in [5, 5.41) is 3.35. The highest BCUT2D eigenvalue weighted by molar-refractivity contribution is 9.10. The van der Waals surface area contributed by atoms with Gasteiger partial charge in [-0.3, -0.25) is 0 Å². The Kier molecular flexibility index (Phi) is 3.75. The largest absolute Gasteiger partial charge is 0.493 e. The van der Waals surface area contributed by atoms with Gasteiger partial charge in [-0.05, 0) is 23.8 Å². The van der Waals surface area contributed by atoms with Crippen LogP contribution in [-0.4, -0.2) is 16.6 Å². The van der Waals surface area contributed by atoms with Crippen LogP contribution in [0.15, 0.2) is 35.1 Å². The van der Waals surface area contributed by atoms with E-state index in [1.165, 1.54) is 11.1 Å². The van der Waals surface area contributed by atoms with E-state index in [0.717, 1.165) is 35.6 Å². The van der Waals surface area contributed by atoms with Crippen LogP contribution in [0.4, 0.5) is 0 Å². The Hall–Kier alpha value is -1.46.